The number of aromatic amines is 1. The molecule has 0 radical (unpaired) electrons. The lowest BCUT2D eigenvalue weighted by Crippen LogP contribution is -1.91. The Labute approximate surface area is 151 Å². The summed E-state index contributed by atoms with van der Waals surface area (Å²) in [5.41, 5.74) is 2.97. The number of hydrogen-bond acceptors (Lipinski definition) is 4. The van der Waals surface area contributed by atoms with Gasteiger partial charge in [-0.3, -0.25) is 0 Å². The number of fused-ring (bicyclic) bond motifs is 1. The first-order chi connectivity index (χ1) is 12.8. The van der Waals surface area contributed by atoms with Crippen molar-refractivity contribution in [1.29, 1.82) is 0 Å². The largest absolute Gasteiger partial charge is 0.493 e. The van der Waals surface area contributed by atoms with Gasteiger partial charge in [-0.1, -0.05) is 12.1 Å². The Hall–Kier alpha value is -3.47. The molecule has 0 atom stereocenters. The summed E-state index contributed by atoms with van der Waals surface area (Å²) < 4.78 is 16.4. The predicted octanol–water partition coefficient (Wildman–Crippen LogP) is 5.04. The van der Waals surface area contributed by atoms with Crippen LogP contribution in [-0.4, -0.2) is 24.2 Å². The van der Waals surface area contributed by atoms with Gasteiger partial charge in [-0.2, -0.15) is 0 Å². The quantitative estimate of drug-likeness (QED) is 0.550. The topological polar surface area (TPSA) is 56.4 Å². The number of H-pyrrole nitrogens is 1. The lowest BCUT2D eigenvalue weighted by molar-refractivity contribution is 0.352. The van der Waals surface area contributed by atoms with Crippen LogP contribution in [0.4, 0.5) is 0 Å². The molecule has 0 aliphatic carbocycles. The number of aromatic nitrogens is 2. The van der Waals surface area contributed by atoms with E-state index >= 15 is 0 Å². The van der Waals surface area contributed by atoms with Gasteiger partial charge in [0.05, 0.1) is 25.3 Å². The molecule has 0 bridgehead atoms. The minimum Gasteiger partial charge on any atom is -0.493 e. The summed E-state index contributed by atoms with van der Waals surface area (Å²) in [5.74, 6) is 3.55. The normalized spacial score (nSPS) is 10.7. The molecule has 5 heteroatoms. The molecule has 0 fully saturated rings. The molecule has 3 aromatic carbocycles. The van der Waals surface area contributed by atoms with E-state index in [2.05, 4.69) is 9.97 Å². The third-order valence-corrected chi connectivity index (χ3v) is 4.11. The van der Waals surface area contributed by atoms with Gasteiger partial charge in [-0.25, -0.2) is 4.98 Å². The molecule has 0 saturated heterocycles. The molecule has 5 nitrogen and oxygen atoms in total. The first-order valence-electron chi connectivity index (χ1n) is 8.22. The average molecular weight is 346 g/mol. The van der Waals surface area contributed by atoms with Gasteiger partial charge >= 0.3 is 0 Å². The third kappa shape index (κ3) is 3.07. The number of nitrogens with zero attached hydrogens (tertiary/aromatic N) is 1. The average Bonchev–Trinajstić information content (AvgIpc) is 3.12. The van der Waals surface area contributed by atoms with Crippen LogP contribution in [0.5, 0.6) is 23.0 Å². The van der Waals surface area contributed by atoms with Crippen molar-refractivity contribution >= 4 is 11.0 Å². The number of nitrogens with one attached hydrogen (secondary N) is 1. The number of rotatable bonds is 5. The molecular formula is C21H18N2O3. The highest BCUT2D eigenvalue weighted by Crippen LogP contribution is 2.33. The maximum Gasteiger partial charge on any atom is 0.164 e. The van der Waals surface area contributed by atoms with E-state index < -0.39 is 0 Å². The fraction of sp³-hybridized carbons (Fsp3) is 0.0952. The Morgan fingerprint density at radius 1 is 0.769 bits per heavy atom. The molecule has 4 aromatic rings. The second kappa shape index (κ2) is 6.80. The minimum absolute atomic E-state index is 0.629. The van der Waals surface area contributed by atoms with Gasteiger partial charge in [-0.15, -0.1) is 0 Å². The van der Waals surface area contributed by atoms with Gasteiger partial charge in [-0.05, 0) is 48.5 Å². The Bertz CT molecular complexity index is 1010. The van der Waals surface area contributed by atoms with Crippen molar-refractivity contribution in [2.24, 2.45) is 0 Å². The van der Waals surface area contributed by atoms with Gasteiger partial charge in [0.25, 0.3) is 0 Å². The number of benzene rings is 3. The van der Waals surface area contributed by atoms with E-state index in [4.69, 9.17) is 14.2 Å². The summed E-state index contributed by atoms with van der Waals surface area (Å²) in [4.78, 5) is 7.94. The maximum atomic E-state index is 5.90. The summed E-state index contributed by atoms with van der Waals surface area (Å²) >= 11 is 0. The molecule has 1 heterocycles. The lowest BCUT2D eigenvalue weighted by Gasteiger charge is -2.10. The number of imidazole rings is 1. The summed E-state index contributed by atoms with van der Waals surface area (Å²) in [6.45, 7) is 0. The number of hydrogen-bond donors (Lipinski definition) is 1. The van der Waals surface area contributed by atoms with Crippen molar-refractivity contribution < 1.29 is 14.2 Å². The molecule has 0 saturated carbocycles. The van der Waals surface area contributed by atoms with Crippen molar-refractivity contribution in [2.45, 2.75) is 0 Å². The molecule has 1 aromatic heterocycles. The zero-order valence-electron chi connectivity index (χ0n) is 14.5. The number of para-hydroxylation sites is 2. The van der Waals surface area contributed by atoms with E-state index in [9.17, 15) is 0 Å². The summed E-state index contributed by atoms with van der Waals surface area (Å²) in [5, 5.41) is 0. The Morgan fingerprint density at radius 3 is 2.23 bits per heavy atom. The number of ether oxygens (including phenoxy) is 3. The highest BCUT2D eigenvalue weighted by Gasteiger charge is 2.08. The standard InChI is InChI=1S/C21H18N2O3/c1-24-19-12-11-16(13-20(19)25-2)26-15-9-7-14(8-10-15)21-22-17-5-3-4-6-18(17)23-21/h3-13H,1-2H3,(H,22,23). The van der Waals surface area contributed by atoms with E-state index in [1.54, 1.807) is 20.3 Å². The van der Waals surface area contributed by atoms with Crippen molar-refractivity contribution in [3.63, 3.8) is 0 Å². The van der Waals surface area contributed by atoms with E-state index in [-0.39, 0.29) is 0 Å². The van der Waals surface area contributed by atoms with Crippen molar-refractivity contribution in [3.8, 4) is 34.4 Å². The van der Waals surface area contributed by atoms with E-state index in [1.165, 1.54) is 0 Å². The van der Waals surface area contributed by atoms with Gasteiger partial charge < -0.3 is 19.2 Å². The monoisotopic (exact) mass is 346 g/mol. The lowest BCUT2D eigenvalue weighted by atomic mass is 10.2. The van der Waals surface area contributed by atoms with Crippen LogP contribution in [0, 0.1) is 0 Å². The maximum absolute atomic E-state index is 5.90. The number of methoxy groups -OCH3 is 2. The van der Waals surface area contributed by atoms with Crippen LogP contribution in [0.2, 0.25) is 0 Å². The molecule has 0 unspecified atom stereocenters. The van der Waals surface area contributed by atoms with Crippen LogP contribution < -0.4 is 14.2 Å². The van der Waals surface area contributed by atoms with Crippen molar-refractivity contribution in [2.75, 3.05) is 14.2 Å². The van der Waals surface area contributed by atoms with Gasteiger partial charge in [0.2, 0.25) is 0 Å². The summed E-state index contributed by atoms with van der Waals surface area (Å²) in [6, 6.07) is 21.2. The van der Waals surface area contributed by atoms with Crippen LogP contribution in [0.15, 0.2) is 66.7 Å². The minimum atomic E-state index is 0.629. The van der Waals surface area contributed by atoms with Crippen LogP contribution in [0.1, 0.15) is 0 Å². The van der Waals surface area contributed by atoms with Crippen LogP contribution in [0.3, 0.4) is 0 Å². The zero-order chi connectivity index (χ0) is 17.9. The molecular weight excluding hydrogens is 328 g/mol. The summed E-state index contributed by atoms with van der Waals surface area (Å²) in [7, 11) is 3.21. The fourth-order valence-corrected chi connectivity index (χ4v) is 2.79. The molecule has 26 heavy (non-hydrogen) atoms. The van der Waals surface area contributed by atoms with Gasteiger partial charge in [0.1, 0.15) is 17.3 Å². The first kappa shape index (κ1) is 16.0. The second-order valence-corrected chi connectivity index (χ2v) is 5.75. The smallest absolute Gasteiger partial charge is 0.164 e. The van der Waals surface area contributed by atoms with E-state index in [1.807, 2.05) is 60.7 Å². The Kier molecular flexibility index (Phi) is 4.19. The molecule has 0 amide bonds. The molecule has 0 aliphatic rings. The predicted molar refractivity (Wildman–Crippen MR) is 101 cm³/mol. The van der Waals surface area contributed by atoms with Crippen LogP contribution >= 0.6 is 0 Å². The summed E-state index contributed by atoms with van der Waals surface area (Å²) in [6.07, 6.45) is 0. The van der Waals surface area contributed by atoms with Gasteiger partial charge in [0, 0.05) is 11.6 Å². The fourth-order valence-electron chi connectivity index (χ4n) is 2.79. The van der Waals surface area contributed by atoms with Gasteiger partial charge in [0.15, 0.2) is 11.5 Å². The third-order valence-electron chi connectivity index (χ3n) is 4.11. The van der Waals surface area contributed by atoms with Crippen molar-refractivity contribution in [3.05, 3.63) is 66.7 Å². The van der Waals surface area contributed by atoms with Crippen LogP contribution in [-0.2, 0) is 0 Å². The second-order valence-electron chi connectivity index (χ2n) is 5.75. The van der Waals surface area contributed by atoms with Crippen LogP contribution in [0.25, 0.3) is 22.4 Å². The van der Waals surface area contributed by atoms with E-state index in [0.717, 1.165) is 28.2 Å². The highest BCUT2D eigenvalue weighted by molar-refractivity contribution is 5.79. The molecule has 0 spiro atoms. The molecule has 130 valence electrons. The Balaban J connectivity index is 1.56. The highest BCUT2D eigenvalue weighted by atomic mass is 16.5. The SMILES string of the molecule is COc1ccc(Oc2ccc(-c3nc4ccccc4[nH]3)cc2)cc1OC. The molecule has 0 aliphatic heterocycles. The van der Waals surface area contributed by atoms with Crippen molar-refractivity contribution in [1.82, 2.24) is 9.97 Å². The molecule has 4 rings (SSSR count). The molecule has 1 N–H and O–H groups in total. The van der Waals surface area contributed by atoms with E-state index in [0.29, 0.717) is 17.2 Å². The Morgan fingerprint density at radius 2 is 1.50 bits per heavy atom. The first-order valence-corrected chi connectivity index (χ1v) is 8.22. The zero-order valence-corrected chi connectivity index (χ0v) is 14.5.